The van der Waals surface area contributed by atoms with E-state index in [1.165, 1.54) is 24.9 Å². The molecule has 0 radical (unpaired) electrons. The highest BCUT2D eigenvalue weighted by Crippen LogP contribution is 2.30. The molecule has 156 valence electrons. The lowest BCUT2D eigenvalue weighted by molar-refractivity contribution is -0.153. The number of methoxy groups -OCH3 is 1. The van der Waals surface area contributed by atoms with Crippen molar-refractivity contribution in [3.63, 3.8) is 0 Å². The molecule has 6 heteroatoms. The quantitative estimate of drug-likeness (QED) is 0.524. The molecule has 1 aromatic carbocycles. The lowest BCUT2D eigenvalue weighted by atomic mass is 9.89. The van der Waals surface area contributed by atoms with E-state index in [1.54, 1.807) is 6.92 Å². The number of pyridine rings is 1. The second-order valence-electron chi connectivity index (χ2n) is 7.47. The van der Waals surface area contributed by atoms with E-state index < -0.39 is 17.7 Å². The Hall–Kier alpha value is -2.89. The number of hydrogen-bond acceptors (Lipinski definition) is 6. The fourth-order valence-electron chi connectivity index (χ4n) is 3.44. The molecule has 1 aromatic heterocycles. The molecule has 2 rings (SSSR count). The fraction of sp³-hybridized carbons (Fsp3) is 0.435. The van der Waals surface area contributed by atoms with Crippen molar-refractivity contribution in [3.8, 4) is 11.5 Å². The highest BCUT2D eigenvalue weighted by Gasteiger charge is 2.27. The summed E-state index contributed by atoms with van der Waals surface area (Å²) >= 11 is 0. The molecule has 0 spiro atoms. The molecule has 6 nitrogen and oxygen atoms in total. The van der Waals surface area contributed by atoms with Crippen LogP contribution >= 0.6 is 0 Å². The van der Waals surface area contributed by atoms with Crippen molar-refractivity contribution in [3.05, 3.63) is 52.8 Å². The van der Waals surface area contributed by atoms with E-state index in [0.717, 1.165) is 11.1 Å². The monoisotopic (exact) mass is 399 g/mol. The van der Waals surface area contributed by atoms with Crippen LogP contribution in [0.15, 0.2) is 30.5 Å². The van der Waals surface area contributed by atoms with Gasteiger partial charge in [0, 0.05) is 24.6 Å². The van der Waals surface area contributed by atoms with Gasteiger partial charge in [-0.1, -0.05) is 32.0 Å². The molecule has 1 N–H and O–H groups in total. The molecule has 29 heavy (non-hydrogen) atoms. The number of ether oxygens (including phenoxy) is 2. The summed E-state index contributed by atoms with van der Waals surface area (Å²) in [6.07, 6.45) is 0.920. The van der Waals surface area contributed by atoms with E-state index >= 15 is 0 Å². The molecule has 3 atom stereocenters. The number of benzene rings is 1. The van der Waals surface area contributed by atoms with E-state index in [9.17, 15) is 14.7 Å². The maximum absolute atomic E-state index is 12.6. The van der Waals surface area contributed by atoms with Gasteiger partial charge in [0.1, 0.15) is 6.10 Å². The van der Waals surface area contributed by atoms with Crippen molar-refractivity contribution in [2.45, 2.75) is 53.1 Å². The van der Waals surface area contributed by atoms with Crippen molar-refractivity contribution in [2.75, 3.05) is 7.11 Å². The Kier molecular flexibility index (Phi) is 7.37. The van der Waals surface area contributed by atoms with Crippen LogP contribution in [0.4, 0.5) is 0 Å². The van der Waals surface area contributed by atoms with Gasteiger partial charge in [-0.25, -0.2) is 4.98 Å². The lowest BCUT2D eigenvalue weighted by Gasteiger charge is -2.25. The molecule has 2 aromatic rings. The molecule has 0 aliphatic heterocycles. The van der Waals surface area contributed by atoms with Crippen LogP contribution in [0.5, 0.6) is 11.5 Å². The first-order chi connectivity index (χ1) is 13.7. The summed E-state index contributed by atoms with van der Waals surface area (Å²) in [6, 6.07) is 7.55. The van der Waals surface area contributed by atoms with Gasteiger partial charge >= 0.3 is 5.97 Å². The van der Waals surface area contributed by atoms with Crippen molar-refractivity contribution in [1.82, 2.24) is 4.98 Å². The van der Waals surface area contributed by atoms with Gasteiger partial charge < -0.3 is 14.6 Å². The molecule has 0 fully saturated rings. The maximum Gasteiger partial charge on any atom is 0.309 e. The summed E-state index contributed by atoms with van der Waals surface area (Å²) in [7, 11) is 1.39. The Morgan fingerprint density at radius 3 is 2.31 bits per heavy atom. The zero-order valence-electron chi connectivity index (χ0n) is 17.9. The van der Waals surface area contributed by atoms with Crippen LogP contribution in [0, 0.1) is 19.8 Å². The SMILES string of the molecule is COc1ccnc(C(=O)C[C@@H](C)C(=O)O[C@@H](C)[C@@H](C)c2c(C)cccc2C)c1O. The number of carbonyl (C=O) groups is 2. The zero-order chi connectivity index (χ0) is 21.7. The minimum absolute atomic E-state index is 0.0205. The topological polar surface area (TPSA) is 85.7 Å². The molecular weight excluding hydrogens is 370 g/mol. The summed E-state index contributed by atoms with van der Waals surface area (Å²) < 4.78 is 10.6. The summed E-state index contributed by atoms with van der Waals surface area (Å²) in [4.78, 5) is 29.0. The van der Waals surface area contributed by atoms with E-state index in [-0.39, 0.29) is 35.6 Å². The Morgan fingerprint density at radius 1 is 1.10 bits per heavy atom. The third-order valence-corrected chi connectivity index (χ3v) is 5.27. The summed E-state index contributed by atoms with van der Waals surface area (Å²) in [5.74, 6) is -1.70. The van der Waals surface area contributed by atoms with Crippen LogP contribution < -0.4 is 4.74 Å². The molecule has 0 saturated heterocycles. The van der Waals surface area contributed by atoms with Gasteiger partial charge in [0.2, 0.25) is 0 Å². The molecule has 1 heterocycles. The Morgan fingerprint density at radius 2 is 1.72 bits per heavy atom. The summed E-state index contributed by atoms with van der Waals surface area (Å²) in [5.41, 5.74) is 3.37. The number of hydrogen-bond donors (Lipinski definition) is 1. The summed E-state index contributed by atoms with van der Waals surface area (Å²) in [5, 5.41) is 10.1. The largest absolute Gasteiger partial charge is 0.503 e. The number of nitrogens with zero attached hydrogens (tertiary/aromatic N) is 1. The molecule has 0 saturated carbocycles. The third kappa shape index (κ3) is 5.13. The smallest absolute Gasteiger partial charge is 0.309 e. The van der Waals surface area contributed by atoms with Gasteiger partial charge in [-0.15, -0.1) is 0 Å². The van der Waals surface area contributed by atoms with Gasteiger partial charge in [-0.2, -0.15) is 0 Å². The number of Topliss-reactive ketones (excluding diaryl/α,β-unsaturated/α-hetero) is 1. The van der Waals surface area contributed by atoms with Crippen molar-refractivity contribution < 1.29 is 24.2 Å². The first-order valence-electron chi connectivity index (χ1n) is 9.69. The molecular formula is C23H29NO5. The number of rotatable bonds is 8. The van der Waals surface area contributed by atoms with Crippen LogP contribution in [0.2, 0.25) is 0 Å². The van der Waals surface area contributed by atoms with Gasteiger partial charge in [0.05, 0.1) is 13.0 Å². The van der Waals surface area contributed by atoms with Gasteiger partial charge in [0.25, 0.3) is 0 Å². The molecule has 0 aliphatic rings. The minimum atomic E-state index is -0.664. The van der Waals surface area contributed by atoms with E-state index in [0.29, 0.717) is 0 Å². The van der Waals surface area contributed by atoms with Crippen LogP contribution in [-0.4, -0.2) is 35.1 Å². The molecule has 0 bridgehead atoms. The number of aromatic hydroxyl groups is 1. The van der Waals surface area contributed by atoms with Crippen LogP contribution in [0.25, 0.3) is 0 Å². The highest BCUT2D eigenvalue weighted by atomic mass is 16.5. The zero-order valence-corrected chi connectivity index (χ0v) is 17.9. The predicted molar refractivity (Wildman–Crippen MR) is 110 cm³/mol. The molecule has 0 unspecified atom stereocenters. The van der Waals surface area contributed by atoms with E-state index in [2.05, 4.69) is 4.98 Å². The van der Waals surface area contributed by atoms with E-state index in [1.807, 2.05) is 45.9 Å². The maximum atomic E-state index is 12.6. The Bertz CT molecular complexity index is 873. The average molecular weight is 399 g/mol. The van der Waals surface area contributed by atoms with Crippen molar-refractivity contribution in [1.29, 1.82) is 0 Å². The van der Waals surface area contributed by atoms with Crippen molar-refractivity contribution in [2.24, 2.45) is 5.92 Å². The first kappa shape index (κ1) is 22.4. The number of esters is 1. The highest BCUT2D eigenvalue weighted by molar-refractivity contribution is 5.99. The van der Waals surface area contributed by atoms with Gasteiger partial charge in [0.15, 0.2) is 23.0 Å². The molecule has 0 aliphatic carbocycles. The number of carbonyl (C=O) groups excluding carboxylic acids is 2. The van der Waals surface area contributed by atoms with Crippen molar-refractivity contribution >= 4 is 11.8 Å². The first-order valence-corrected chi connectivity index (χ1v) is 9.69. The van der Waals surface area contributed by atoms with Crippen LogP contribution in [0.3, 0.4) is 0 Å². The van der Waals surface area contributed by atoms with Crippen LogP contribution in [0.1, 0.15) is 60.3 Å². The third-order valence-electron chi connectivity index (χ3n) is 5.27. The average Bonchev–Trinajstić information content (AvgIpc) is 2.67. The predicted octanol–water partition coefficient (Wildman–Crippen LogP) is 4.36. The number of ketones is 1. The Balaban J connectivity index is 2.04. The Labute approximate surface area is 171 Å². The van der Waals surface area contributed by atoms with E-state index in [4.69, 9.17) is 9.47 Å². The van der Waals surface area contributed by atoms with Crippen LogP contribution in [-0.2, 0) is 9.53 Å². The normalized spacial score (nSPS) is 14.0. The summed E-state index contributed by atoms with van der Waals surface area (Å²) in [6.45, 7) is 9.61. The minimum Gasteiger partial charge on any atom is -0.503 e. The number of aryl methyl sites for hydroxylation is 2. The second kappa shape index (κ2) is 9.54. The number of aromatic nitrogens is 1. The molecule has 0 amide bonds. The lowest BCUT2D eigenvalue weighted by Crippen LogP contribution is -2.26. The fourth-order valence-corrected chi connectivity index (χ4v) is 3.44. The second-order valence-corrected chi connectivity index (χ2v) is 7.47. The van der Waals surface area contributed by atoms with Gasteiger partial charge in [-0.3, -0.25) is 9.59 Å². The standard InChI is InChI=1S/C23H29NO5/c1-13-8-7-9-14(2)20(13)16(4)17(5)29-23(27)15(3)12-18(25)21-22(26)19(28-6)10-11-24-21/h7-11,15-17,26H,12H2,1-6H3/t15-,16-,17+/m1/s1. The van der Waals surface area contributed by atoms with Gasteiger partial charge in [-0.05, 0) is 37.5 Å².